The van der Waals surface area contributed by atoms with E-state index in [1.807, 2.05) is 12.1 Å². The molecule has 3 heteroatoms. The van der Waals surface area contributed by atoms with Gasteiger partial charge in [0, 0.05) is 0 Å². The lowest BCUT2D eigenvalue weighted by Gasteiger charge is -2.28. The average molecular weight is 252 g/mol. The van der Waals surface area contributed by atoms with Crippen LogP contribution in [0.5, 0.6) is 0 Å². The normalized spacial score (nSPS) is 24.1. The molecule has 2 rings (SSSR count). The van der Waals surface area contributed by atoms with Crippen LogP contribution in [-0.2, 0) is 5.41 Å². The minimum atomic E-state index is -0.428. The number of halogens is 2. The van der Waals surface area contributed by atoms with Crippen LogP contribution < -0.4 is 0 Å². The van der Waals surface area contributed by atoms with Gasteiger partial charge in [-0.05, 0) is 37.0 Å². The number of nitrogens with zero attached hydrogens (tertiary/aromatic N) is 1. The van der Waals surface area contributed by atoms with E-state index in [9.17, 15) is 5.26 Å². The molecule has 0 amide bonds. The van der Waals surface area contributed by atoms with Crippen molar-refractivity contribution in [1.82, 2.24) is 0 Å². The summed E-state index contributed by atoms with van der Waals surface area (Å²) < 4.78 is 0. The molecule has 0 saturated carbocycles. The monoisotopic (exact) mass is 251 g/mol. The molecule has 1 atom stereocenters. The number of hydrogen-bond acceptors (Lipinski definition) is 1. The highest BCUT2D eigenvalue weighted by atomic mass is 35.5. The van der Waals surface area contributed by atoms with Crippen molar-refractivity contribution in [3.63, 3.8) is 0 Å². The second-order valence-electron chi connectivity index (χ2n) is 4.04. The standard InChI is InChI=1S/C13H11Cl2N/c14-11-5-4-10(8-12(11)15)13(9-16)6-2-1-3-7-13/h1-2,4-5,8H,3,6-7H2. The first kappa shape index (κ1) is 11.5. The Kier molecular flexibility index (Phi) is 3.23. The number of allylic oxidation sites excluding steroid dienone is 2. The van der Waals surface area contributed by atoms with E-state index in [1.54, 1.807) is 6.07 Å². The van der Waals surface area contributed by atoms with Gasteiger partial charge in [0.15, 0.2) is 0 Å². The molecule has 0 radical (unpaired) electrons. The van der Waals surface area contributed by atoms with E-state index in [1.165, 1.54) is 0 Å². The SMILES string of the molecule is N#CC1(c2ccc(Cl)c(Cl)c2)CC=CCC1. The minimum Gasteiger partial charge on any atom is -0.197 e. The fourth-order valence-corrected chi connectivity index (χ4v) is 2.35. The van der Waals surface area contributed by atoms with E-state index in [2.05, 4.69) is 18.2 Å². The minimum absolute atomic E-state index is 0.428. The molecular weight excluding hydrogens is 241 g/mol. The third kappa shape index (κ3) is 1.96. The molecule has 0 fully saturated rings. The lowest BCUT2D eigenvalue weighted by Crippen LogP contribution is -2.25. The molecule has 16 heavy (non-hydrogen) atoms. The smallest absolute Gasteiger partial charge is 0.0860 e. The topological polar surface area (TPSA) is 23.8 Å². The maximum absolute atomic E-state index is 9.40. The molecule has 0 spiro atoms. The van der Waals surface area contributed by atoms with Gasteiger partial charge in [0.05, 0.1) is 21.5 Å². The van der Waals surface area contributed by atoms with Gasteiger partial charge in [-0.25, -0.2) is 0 Å². The summed E-state index contributed by atoms with van der Waals surface area (Å²) >= 11 is 11.9. The van der Waals surface area contributed by atoms with Crippen molar-refractivity contribution in [2.75, 3.05) is 0 Å². The lowest BCUT2D eigenvalue weighted by atomic mass is 9.73. The molecule has 1 aliphatic rings. The first-order chi connectivity index (χ1) is 7.68. The molecule has 0 aliphatic heterocycles. The Labute approximate surface area is 105 Å². The number of nitriles is 1. The molecule has 1 nitrogen and oxygen atoms in total. The van der Waals surface area contributed by atoms with Gasteiger partial charge < -0.3 is 0 Å². The molecule has 0 aromatic heterocycles. The molecule has 0 N–H and O–H groups in total. The van der Waals surface area contributed by atoms with Gasteiger partial charge in [0.1, 0.15) is 0 Å². The van der Waals surface area contributed by atoms with Gasteiger partial charge >= 0.3 is 0 Å². The molecule has 1 unspecified atom stereocenters. The van der Waals surface area contributed by atoms with Gasteiger partial charge in [-0.1, -0.05) is 41.4 Å². The molecule has 1 aromatic rings. The Morgan fingerprint density at radius 3 is 2.56 bits per heavy atom. The van der Waals surface area contributed by atoms with E-state index in [0.717, 1.165) is 24.8 Å². The van der Waals surface area contributed by atoms with Crippen molar-refractivity contribution in [3.8, 4) is 6.07 Å². The van der Waals surface area contributed by atoms with Gasteiger partial charge in [0.25, 0.3) is 0 Å². The molecular formula is C13H11Cl2N. The van der Waals surface area contributed by atoms with Gasteiger partial charge in [-0.15, -0.1) is 0 Å². The molecule has 0 bridgehead atoms. The molecule has 82 valence electrons. The van der Waals surface area contributed by atoms with Crippen LogP contribution >= 0.6 is 23.2 Å². The fourth-order valence-electron chi connectivity index (χ4n) is 2.06. The largest absolute Gasteiger partial charge is 0.197 e. The van der Waals surface area contributed by atoms with E-state index >= 15 is 0 Å². The van der Waals surface area contributed by atoms with Crippen molar-refractivity contribution < 1.29 is 0 Å². The zero-order chi connectivity index (χ0) is 11.6. The maximum atomic E-state index is 9.40. The molecule has 0 heterocycles. The maximum Gasteiger partial charge on any atom is 0.0860 e. The van der Waals surface area contributed by atoms with Crippen molar-refractivity contribution in [2.24, 2.45) is 0 Å². The first-order valence-electron chi connectivity index (χ1n) is 5.20. The summed E-state index contributed by atoms with van der Waals surface area (Å²) in [4.78, 5) is 0. The van der Waals surface area contributed by atoms with Crippen LogP contribution in [-0.4, -0.2) is 0 Å². The second-order valence-corrected chi connectivity index (χ2v) is 4.85. The van der Waals surface area contributed by atoms with E-state index < -0.39 is 5.41 Å². The lowest BCUT2D eigenvalue weighted by molar-refractivity contribution is 0.496. The summed E-state index contributed by atoms with van der Waals surface area (Å²) in [7, 11) is 0. The van der Waals surface area contributed by atoms with Crippen LogP contribution in [0.4, 0.5) is 0 Å². The van der Waals surface area contributed by atoms with Crippen molar-refractivity contribution in [1.29, 1.82) is 5.26 Å². The second kappa shape index (κ2) is 4.49. The first-order valence-corrected chi connectivity index (χ1v) is 5.95. The highest BCUT2D eigenvalue weighted by molar-refractivity contribution is 6.42. The van der Waals surface area contributed by atoms with Gasteiger partial charge in [0.2, 0.25) is 0 Å². The van der Waals surface area contributed by atoms with Crippen LogP contribution in [0.3, 0.4) is 0 Å². The van der Waals surface area contributed by atoms with E-state index in [-0.39, 0.29) is 0 Å². The summed E-state index contributed by atoms with van der Waals surface area (Å²) in [6, 6.07) is 7.90. The van der Waals surface area contributed by atoms with Crippen LogP contribution in [0, 0.1) is 11.3 Å². The highest BCUT2D eigenvalue weighted by Crippen LogP contribution is 2.38. The Bertz CT molecular complexity index is 473. The Morgan fingerprint density at radius 2 is 2.00 bits per heavy atom. The number of rotatable bonds is 1. The van der Waals surface area contributed by atoms with E-state index in [0.29, 0.717) is 10.0 Å². The third-order valence-electron chi connectivity index (χ3n) is 3.06. The van der Waals surface area contributed by atoms with Crippen LogP contribution in [0.15, 0.2) is 30.4 Å². The Hall–Kier alpha value is -0.970. The highest BCUT2D eigenvalue weighted by Gasteiger charge is 2.32. The quantitative estimate of drug-likeness (QED) is 0.675. The van der Waals surface area contributed by atoms with Crippen molar-refractivity contribution in [3.05, 3.63) is 46.0 Å². The predicted molar refractivity (Wildman–Crippen MR) is 66.7 cm³/mol. The van der Waals surface area contributed by atoms with E-state index in [4.69, 9.17) is 23.2 Å². The fraction of sp³-hybridized carbons (Fsp3) is 0.308. The van der Waals surface area contributed by atoms with Crippen molar-refractivity contribution >= 4 is 23.2 Å². The molecule has 1 aromatic carbocycles. The van der Waals surface area contributed by atoms with Crippen LogP contribution in [0.25, 0.3) is 0 Å². The third-order valence-corrected chi connectivity index (χ3v) is 3.80. The van der Waals surface area contributed by atoms with Gasteiger partial charge in [-0.3, -0.25) is 0 Å². The zero-order valence-electron chi connectivity index (χ0n) is 8.71. The summed E-state index contributed by atoms with van der Waals surface area (Å²) in [5, 5.41) is 10.4. The van der Waals surface area contributed by atoms with Gasteiger partial charge in [-0.2, -0.15) is 5.26 Å². The number of benzene rings is 1. The molecule has 1 aliphatic carbocycles. The number of hydrogen-bond donors (Lipinski definition) is 0. The zero-order valence-corrected chi connectivity index (χ0v) is 10.2. The summed E-state index contributed by atoms with van der Waals surface area (Å²) in [5.74, 6) is 0. The summed E-state index contributed by atoms with van der Waals surface area (Å²) in [6.45, 7) is 0. The Morgan fingerprint density at radius 1 is 1.19 bits per heavy atom. The van der Waals surface area contributed by atoms with Crippen LogP contribution in [0.2, 0.25) is 10.0 Å². The average Bonchev–Trinajstić information content (AvgIpc) is 2.33. The summed E-state index contributed by atoms with van der Waals surface area (Å²) in [6.07, 6.45) is 6.72. The van der Waals surface area contributed by atoms with Crippen molar-refractivity contribution in [2.45, 2.75) is 24.7 Å². The predicted octanol–water partition coefficient (Wildman–Crippen LogP) is 4.49. The van der Waals surface area contributed by atoms with Crippen LogP contribution in [0.1, 0.15) is 24.8 Å². The Balaban J connectivity index is 2.45. The summed E-state index contributed by atoms with van der Waals surface area (Å²) in [5.41, 5.74) is 0.539. The molecule has 0 saturated heterocycles.